The first-order valence-electron chi connectivity index (χ1n) is 7.47. The third-order valence-corrected chi connectivity index (χ3v) is 5.02. The zero-order chi connectivity index (χ0) is 19.3. The zero-order valence-electron chi connectivity index (χ0n) is 13.3. The van der Waals surface area contributed by atoms with Crippen LogP contribution in [0.3, 0.4) is 0 Å². The highest BCUT2D eigenvalue weighted by atomic mass is 19.4. The van der Waals surface area contributed by atoms with E-state index in [9.17, 15) is 41.4 Å². The highest BCUT2D eigenvalue weighted by Crippen LogP contribution is 2.64. The van der Waals surface area contributed by atoms with Crippen LogP contribution < -0.4 is 5.32 Å². The van der Waals surface area contributed by atoms with Crippen molar-refractivity contribution in [3.05, 3.63) is 0 Å². The molecular weight excluding hydrogens is 355 g/mol. The number of carbonyl (C=O) groups excluding carboxylic acids is 2. The summed E-state index contributed by atoms with van der Waals surface area (Å²) in [7, 11) is 0. The molecule has 1 heterocycles. The van der Waals surface area contributed by atoms with Crippen LogP contribution in [0.25, 0.3) is 0 Å². The summed E-state index contributed by atoms with van der Waals surface area (Å²) in [4.78, 5) is 35.6. The van der Waals surface area contributed by atoms with E-state index in [1.165, 1.54) is 5.32 Å². The van der Waals surface area contributed by atoms with Gasteiger partial charge in [-0.05, 0) is 11.3 Å². The van der Waals surface area contributed by atoms with Crippen LogP contribution in [0.1, 0.15) is 20.3 Å². The number of nitrogens with one attached hydrogen (secondary N) is 1. The summed E-state index contributed by atoms with van der Waals surface area (Å²) < 4.78 is 62.3. The maximum absolute atomic E-state index is 12.6. The fourth-order valence-corrected chi connectivity index (χ4v) is 3.64. The molecule has 0 radical (unpaired) electrons. The van der Waals surface area contributed by atoms with Gasteiger partial charge in [0, 0.05) is 18.9 Å². The Bertz CT molecular complexity index is 592. The molecule has 0 aromatic rings. The molecule has 0 aromatic carbocycles. The molecule has 2 amide bonds. The quantitative estimate of drug-likeness (QED) is 0.712. The monoisotopic (exact) mass is 372 g/mol. The second-order valence-electron chi connectivity index (χ2n) is 6.88. The molecule has 1 aliphatic heterocycles. The molecule has 4 atom stereocenters. The molecule has 0 spiro atoms. The third kappa shape index (κ3) is 3.54. The van der Waals surface area contributed by atoms with Crippen LogP contribution in [0.15, 0.2) is 0 Å². The molecule has 0 bridgehead atoms. The van der Waals surface area contributed by atoms with Crippen molar-refractivity contribution < 1.29 is 41.4 Å². The molecule has 2 fully saturated rings. The standard InChI is InChI=1S/C14H17F5N2O4/c1-13(2)5-4-21(9(8(5)13)11(23)24)10(22)6(3-7(15)16)20-12(25)14(17,18)19/h5-9H,3-4H2,1-2H3,(H,20,25)(H,23,24)/t5-,6-,8-,9-/m0/s1. The SMILES string of the molecule is CC1(C)[C@@H]2[C@@H](C(=O)O)N(C(=O)[C@H](CC(F)F)NC(=O)C(F)(F)F)C[C@@H]21. The molecule has 2 rings (SSSR count). The average molecular weight is 372 g/mol. The number of aliphatic carboxylic acids is 1. The van der Waals surface area contributed by atoms with E-state index >= 15 is 0 Å². The van der Waals surface area contributed by atoms with Crippen molar-refractivity contribution in [2.75, 3.05) is 6.54 Å². The van der Waals surface area contributed by atoms with Crippen LogP contribution in [0, 0.1) is 17.3 Å². The molecular formula is C14H17F5N2O4. The van der Waals surface area contributed by atoms with Crippen LogP contribution in [0.2, 0.25) is 0 Å². The van der Waals surface area contributed by atoms with Gasteiger partial charge in [-0.25, -0.2) is 13.6 Å². The van der Waals surface area contributed by atoms with Crippen molar-refractivity contribution in [2.24, 2.45) is 17.3 Å². The van der Waals surface area contributed by atoms with Crippen LogP contribution in [0.5, 0.6) is 0 Å². The van der Waals surface area contributed by atoms with E-state index in [0.717, 1.165) is 4.90 Å². The van der Waals surface area contributed by atoms with Gasteiger partial charge in [-0.3, -0.25) is 9.59 Å². The number of alkyl halides is 5. The molecule has 0 aromatic heterocycles. The number of halogens is 5. The highest BCUT2D eigenvalue weighted by Gasteiger charge is 2.69. The molecule has 25 heavy (non-hydrogen) atoms. The highest BCUT2D eigenvalue weighted by molar-refractivity contribution is 5.92. The number of likely N-dealkylation sites (tertiary alicyclic amines) is 1. The van der Waals surface area contributed by atoms with Gasteiger partial charge < -0.3 is 15.3 Å². The largest absolute Gasteiger partial charge is 0.480 e. The minimum absolute atomic E-state index is 0.0604. The summed E-state index contributed by atoms with van der Waals surface area (Å²) in [5.41, 5.74) is -0.354. The van der Waals surface area contributed by atoms with Gasteiger partial charge in [0.2, 0.25) is 12.3 Å². The van der Waals surface area contributed by atoms with E-state index in [1.54, 1.807) is 13.8 Å². The third-order valence-electron chi connectivity index (χ3n) is 5.02. The smallest absolute Gasteiger partial charge is 0.471 e. The topological polar surface area (TPSA) is 86.7 Å². The Labute approximate surface area is 139 Å². The fourth-order valence-electron chi connectivity index (χ4n) is 3.64. The van der Waals surface area contributed by atoms with E-state index < -0.39 is 54.8 Å². The number of amides is 2. The van der Waals surface area contributed by atoms with Gasteiger partial charge in [-0.1, -0.05) is 13.8 Å². The maximum atomic E-state index is 12.6. The minimum Gasteiger partial charge on any atom is -0.480 e. The number of carboxylic acid groups (broad SMARTS) is 1. The number of hydrogen-bond donors (Lipinski definition) is 2. The molecule has 6 nitrogen and oxygen atoms in total. The molecule has 1 saturated heterocycles. The predicted molar refractivity (Wildman–Crippen MR) is 72.5 cm³/mol. The van der Waals surface area contributed by atoms with Crippen molar-refractivity contribution in [1.82, 2.24) is 10.2 Å². The van der Waals surface area contributed by atoms with Gasteiger partial charge in [0.15, 0.2) is 0 Å². The number of piperidine rings is 1. The lowest BCUT2D eigenvalue weighted by Crippen LogP contribution is -2.56. The number of rotatable bonds is 5. The molecule has 2 aliphatic rings. The van der Waals surface area contributed by atoms with Crippen LogP contribution >= 0.6 is 0 Å². The van der Waals surface area contributed by atoms with Gasteiger partial charge in [-0.2, -0.15) is 13.2 Å². The van der Waals surface area contributed by atoms with Gasteiger partial charge in [0.05, 0.1) is 0 Å². The van der Waals surface area contributed by atoms with Crippen LogP contribution in [-0.2, 0) is 14.4 Å². The zero-order valence-corrected chi connectivity index (χ0v) is 13.3. The van der Waals surface area contributed by atoms with Crippen molar-refractivity contribution in [2.45, 2.75) is 45.0 Å². The number of carbonyl (C=O) groups is 3. The molecule has 1 saturated carbocycles. The molecule has 11 heteroatoms. The van der Waals surface area contributed by atoms with E-state index in [4.69, 9.17) is 0 Å². The Hall–Kier alpha value is -1.94. The van der Waals surface area contributed by atoms with E-state index in [0.29, 0.717) is 0 Å². The summed E-state index contributed by atoms with van der Waals surface area (Å²) in [6.07, 6.45) is -9.83. The molecule has 0 unspecified atom stereocenters. The first kappa shape index (κ1) is 19.4. The van der Waals surface area contributed by atoms with E-state index in [-0.39, 0.29) is 17.9 Å². The fraction of sp³-hybridized carbons (Fsp3) is 0.786. The number of nitrogens with zero attached hydrogens (tertiary/aromatic N) is 1. The van der Waals surface area contributed by atoms with E-state index in [2.05, 4.69) is 0 Å². The van der Waals surface area contributed by atoms with Gasteiger partial charge in [0.25, 0.3) is 0 Å². The Morgan fingerprint density at radius 1 is 1.28 bits per heavy atom. The minimum atomic E-state index is -5.35. The normalized spacial score (nSPS) is 28.5. The van der Waals surface area contributed by atoms with Crippen LogP contribution in [0.4, 0.5) is 22.0 Å². The second-order valence-corrected chi connectivity index (χ2v) is 6.88. The molecule has 1 aliphatic carbocycles. The average Bonchev–Trinajstić information content (AvgIpc) is 2.84. The molecule has 142 valence electrons. The van der Waals surface area contributed by atoms with Crippen molar-refractivity contribution in [3.8, 4) is 0 Å². The summed E-state index contributed by atoms with van der Waals surface area (Å²) in [6.45, 7) is 3.53. The summed E-state index contributed by atoms with van der Waals surface area (Å²) >= 11 is 0. The number of fused-ring (bicyclic) bond motifs is 1. The lowest BCUT2D eigenvalue weighted by atomic mass is 10.00. The Morgan fingerprint density at radius 2 is 1.84 bits per heavy atom. The first-order chi connectivity index (χ1) is 11.3. The van der Waals surface area contributed by atoms with Crippen LogP contribution in [-0.4, -0.2) is 59.0 Å². The second kappa shape index (κ2) is 6.10. The predicted octanol–water partition coefficient (Wildman–Crippen LogP) is 1.26. The summed E-state index contributed by atoms with van der Waals surface area (Å²) in [6, 6.07) is -3.45. The lowest BCUT2D eigenvalue weighted by Gasteiger charge is -2.31. The van der Waals surface area contributed by atoms with Crippen molar-refractivity contribution >= 4 is 17.8 Å². The number of carboxylic acids is 1. The van der Waals surface area contributed by atoms with Crippen molar-refractivity contribution in [1.29, 1.82) is 0 Å². The van der Waals surface area contributed by atoms with Gasteiger partial charge >= 0.3 is 18.1 Å². The molecule has 2 N–H and O–H groups in total. The van der Waals surface area contributed by atoms with Gasteiger partial charge in [0.1, 0.15) is 12.1 Å². The Kier molecular flexibility index (Phi) is 4.73. The van der Waals surface area contributed by atoms with Gasteiger partial charge in [-0.15, -0.1) is 0 Å². The van der Waals surface area contributed by atoms with Crippen molar-refractivity contribution in [3.63, 3.8) is 0 Å². The summed E-state index contributed by atoms with van der Waals surface area (Å²) in [5.74, 6) is -5.71. The van der Waals surface area contributed by atoms with E-state index in [1.807, 2.05) is 0 Å². The maximum Gasteiger partial charge on any atom is 0.471 e. The Morgan fingerprint density at radius 3 is 2.28 bits per heavy atom. The first-order valence-corrected chi connectivity index (χ1v) is 7.47. The number of hydrogen-bond acceptors (Lipinski definition) is 3. The summed E-state index contributed by atoms with van der Waals surface area (Å²) in [5, 5.41) is 10.6. The Balaban J connectivity index is 2.19. The lowest BCUT2D eigenvalue weighted by molar-refractivity contribution is -0.175.